The molecule has 4 heteroatoms. The van der Waals surface area contributed by atoms with Crippen LogP contribution in [0.3, 0.4) is 0 Å². The molecule has 0 unspecified atom stereocenters. The van der Waals surface area contributed by atoms with Crippen molar-refractivity contribution in [2.75, 3.05) is 0 Å². The number of benzene rings is 3. The summed E-state index contributed by atoms with van der Waals surface area (Å²) in [7, 11) is 0. The highest BCUT2D eigenvalue weighted by Crippen LogP contribution is 2.40. The molecule has 2 heterocycles. The molecule has 0 fully saturated rings. The first-order valence-electron chi connectivity index (χ1n) is 10.5. The topological polar surface area (TPSA) is 18.5 Å². The van der Waals surface area contributed by atoms with Crippen molar-refractivity contribution in [3.63, 3.8) is 0 Å². The van der Waals surface area contributed by atoms with E-state index in [1.165, 1.54) is 22.1 Å². The van der Waals surface area contributed by atoms with Gasteiger partial charge in [-0.2, -0.15) is 0 Å². The van der Waals surface area contributed by atoms with E-state index in [1.54, 1.807) is 0 Å². The Morgan fingerprint density at radius 1 is 0.667 bits per heavy atom. The predicted molar refractivity (Wildman–Crippen MR) is 129 cm³/mol. The van der Waals surface area contributed by atoms with Gasteiger partial charge in [0, 0.05) is 5.46 Å². The molecule has 0 bridgehead atoms. The SMILES string of the molecule is CC(C)(C)c1ccc2c(c1)B1c3cc(C(C)(C)C)ccc3Oc3c(Br)ccc(c31)O2. The molecule has 0 aromatic heterocycles. The molecule has 5 rings (SSSR count). The number of hydrogen-bond acceptors (Lipinski definition) is 2. The van der Waals surface area contributed by atoms with Crippen molar-refractivity contribution >= 4 is 39.0 Å². The van der Waals surface area contributed by atoms with Gasteiger partial charge in [0.2, 0.25) is 0 Å². The minimum absolute atomic E-state index is 0.0661. The smallest absolute Gasteiger partial charge is 0.260 e. The van der Waals surface area contributed by atoms with Gasteiger partial charge in [0.15, 0.2) is 0 Å². The third kappa shape index (κ3) is 3.00. The Labute approximate surface area is 187 Å². The first-order chi connectivity index (χ1) is 14.0. The minimum Gasteiger partial charge on any atom is -0.458 e. The first-order valence-corrected chi connectivity index (χ1v) is 11.3. The average Bonchev–Trinajstić information content (AvgIpc) is 2.68. The van der Waals surface area contributed by atoms with Crippen LogP contribution in [0.15, 0.2) is 53.0 Å². The maximum absolute atomic E-state index is 6.41. The van der Waals surface area contributed by atoms with Crippen LogP contribution in [0, 0.1) is 0 Å². The van der Waals surface area contributed by atoms with Gasteiger partial charge in [-0.1, -0.05) is 65.8 Å². The molecule has 152 valence electrons. The molecule has 3 aromatic carbocycles. The van der Waals surface area contributed by atoms with Crippen LogP contribution in [0.4, 0.5) is 0 Å². The molecule has 0 N–H and O–H groups in total. The lowest BCUT2D eigenvalue weighted by Crippen LogP contribution is -2.57. The molecular formula is C26H26BBrO2. The van der Waals surface area contributed by atoms with E-state index in [-0.39, 0.29) is 17.5 Å². The van der Waals surface area contributed by atoms with E-state index in [2.05, 4.69) is 93.9 Å². The van der Waals surface area contributed by atoms with Gasteiger partial charge in [-0.3, -0.25) is 0 Å². The number of ether oxygens (including phenoxy) is 2. The second-order valence-corrected chi connectivity index (χ2v) is 11.3. The van der Waals surface area contributed by atoms with Crippen molar-refractivity contribution in [3.8, 4) is 23.0 Å². The summed E-state index contributed by atoms with van der Waals surface area (Å²) in [5.74, 6) is 3.59. The van der Waals surface area contributed by atoms with Crippen molar-refractivity contribution in [1.82, 2.24) is 0 Å². The molecule has 0 radical (unpaired) electrons. The van der Waals surface area contributed by atoms with Crippen molar-refractivity contribution in [1.29, 1.82) is 0 Å². The van der Waals surface area contributed by atoms with Crippen molar-refractivity contribution in [2.24, 2.45) is 0 Å². The molecule has 30 heavy (non-hydrogen) atoms. The van der Waals surface area contributed by atoms with E-state index in [0.717, 1.165) is 32.9 Å². The van der Waals surface area contributed by atoms with Crippen LogP contribution in [0.5, 0.6) is 23.0 Å². The van der Waals surface area contributed by atoms with Crippen molar-refractivity contribution in [3.05, 3.63) is 64.1 Å². The second kappa shape index (κ2) is 6.40. The molecule has 0 saturated heterocycles. The Hall–Kier alpha value is -2.20. The van der Waals surface area contributed by atoms with E-state index in [9.17, 15) is 0 Å². The molecule has 0 aliphatic carbocycles. The standard InChI is InChI=1S/C26H26BBrO2/c1-25(2,3)15-7-10-20-17(13-15)27-18-14-16(26(4,5)6)8-11-21(18)30-24-19(28)9-12-22(29-20)23(24)27/h7-14H,1-6H3. The van der Waals surface area contributed by atoms with Crippen molar-refractivity contribution in [2.45, 2.75) is 52.4 Å². The second-order valence-electron chi connectivity index (χ2n) is 10.4. The molecule has 3 aromatic rings. The molecule has 0 amide bonds. The van der Waals surface area contributed by atoms with E-state index < -0.39 is 0 Å². The van der Waals surface area contributed by atoms with E-state index >= 15 is 0 Å². The number of hydrogen-bond donors (Lipinski definition) is 0. The van der Waals surface area contributed by atoms with Crippen LogP contribution in [-0.2, 0) is 10.8 Å². The van der Waals surface area contributed by atoms with Gasteiger partial charge in [0.05, 0.1) is 4.47 Å². The summed E-state index contributed by atoms with van der Waals surface area (Å²) < 4.78 is 13.7. The summed E-state index contributed by atoms with van der Waals surface area (Å²) in [4.78, 5) is 0. The van der Waals surface area contributed by atoms with E-state index in [1.807, 2.05) is 12.1 Å². The zero-order valence-electron chi connectivity index (χ0n) is 18.4. The zero-order valence-corrected chi connectivity index (χ0v) is 20.0. The Morgan fingerprint density at radius 2 is 1.17 bits per heavy atom. The van der Waals surface area contributed by atoms with Crippen LogP contribution in [0.25, 0.3) is 0 Å². The van der Waals surface area contributed by atoms with Gasteiger partial charge >= 0.3 is 0 Å². The minimum atomic E-state index is 0.0661. The predicted octanol–water partition coefficient (Wildman–Crippen LogP) is 5.77. The molecule has 0 spiro atoms. The molecule has 2 aliphatic heterocycles. The fourth-order valence-corrected chi connectivity index (χ4v) is 4.82. The van der Waals surface area contributed by atoms with E-state index in [0.29, 0.717) is 0 Å². The van der Waals surface area contributed by atoms with Gasteiger partial charge < -0.3 is 9.47 Å². The van der Waals surface area contributed by atoms with Gasteiger partial charge in [-0.05, 0) is 73.1 Å². The third-order valence-electron chi connectivity index (χ3n) is 6.20. The Bertz CT molecular complexity index is 1160. The van der Waals surface area contributed by atoms with Gasteiger partial charge in [-0.25, -0.2) is 0 Å². The lowest BCUT2D eigenvalue weighted by atomic mass is 9.34. The van der Waals surface area contributed by atoms with Crippen LogP contribution >= 0.6 is 15.9 Å². The van der Waals surface area contributed by atoms with Crippen LogP contribution in [0.1, 0.15) is 52.7 Å². The Morgan fingerprint density at radius 3 is 1.70 bits per heavy atom. The summed E-state index contributed by atoms with van der Waals surface area (Å²) in [6, 6.07) is 17.3. The number of halogens is 1. The normalized spacial score (nSPS) is 14.3. The van der Waals surface area contributed by atoms with Crippen molar-refractivity contribution < 1.29 is 9.47 Å². The maximum Gasteiger partial charge on any atom is 0.260 e. The summed E-state index contributed by atoms with van der Waals surface area (Å²) in [6.07, 6.45) is 0. The number of rotatable bonds is 0. The Kier molecular flexibility index (Phi) is 4.21. The van der Waals surface area contributed by atoms with Crippen LogP contribution in [-0.4, -0.2) is 6.71 Å². The maximum atomic E-state index is 6.41. The summed E-state index contributed by atoms with van der Waals surface area (Å²) >= 11 is 3.70. The van der Waals surface area contributed by atoms with Gasteiger partial charge in [0.25, 0.3) is 6.71 Å². The highest BCUT2D eigenvalue weighted by atomic mass is 79.9. The molecule has 0 saturated carbocycles. The summed E-state index contributed by atoms with van der Waals surface area (Å²) in [5, 5.41) is 0. The largest absolute Gasteiger partial charge is 0.458 e. The number of fused-ring (bicyclic) bond motifs is 4. The Balaban J connectivity index is 1.81. The molecular weight excluding hydrogens is 435 g/mol. The zero-order chi connectivity index (χ0) is 21.4. The average molecular weight is 461 g/mol. The van der Waals surface area contributed by atoms with Crippen LogP contribution in [0.2, 0.25) is 0 Å². The van der Waals surface area contributed by atoms with Crippen LogP contribution < -0.4 is 25.9 Å². The fraction of sp³-hybridized carbons (Fsp3) is 0.308. The quantitative estimate of drug-likeness (QED) is 0.273. The summed E-state index contributed by atoms with van der Waals surface area (Å²) in [6.45, 7) is 13.6. The molecule has 0 atom stereocenters. The monoisotopic (exact) mass is 460 g/mol. The fourth-order valence-electron chi connectivity index (χ4n) is 4.39. The molecule has 2 aliphatic rings. The lowest BCUT2D eigenvalue weighted by Gasteiger charge is -2.35. The first kappa shape index (κ1) is 19.7. The lowest BCUT2D eigenvalue weighted by molar-refractivity contribution is 0.461. The third-order valence-corrected chi connectivity index (χ3v) is 6.83. The van der Waals surface area contributed by atoms with Gasteiger partial charge in [0.1, 0.15) is 23.0 Å². The molecule has 2 nitrogen and oxygen atoms in total. The highest BCUT2D eigenvalue weighted by Gasteiger charge is 2.41. The summed E-state index contributed by atoms with van der Waals surface area (Å²) in [5.41, 5.74) is 6.29. The highest BCUT2D eigenvalue weighted by molar-refractivity contribution is 9.10. The van der Waals surface area contributed by atoms with Gasteiger partial charge in [-0.15, -0.1) is 0 Å². The van der Waals surface area contributed by atoms with E-state index in [4.69, 9.17) is 9.47 Å².